The minimum absolute atomic E-state index is 0.335. The highest BCUT2D eigenvalue weighted by Crippen LogP contribution is 2.27. The smallest absolute Gasteiger partial charge is 0.184 e. The van der Waals surface area contributed by atoms with Crippen LogP contribution in [0.2, 0.25) is 0 Å². The van der Waals surface area contributed by atoms with Gasteiger partial charge in [0, 0.05) is 7.11 Å². The third-order valence-corrected chi connectivity index (χ3v) is 3.70. The molecule has 1 N–H and O–H groups in total. The molecule has 3 nitrogen and oxygen atoms in total. The zero-order chi connectivity index (χ0) is 12.3. The summed E-state index contributed by atoms with van der Waals surface area (Å²) >= 11 is 1.70. The first-order valence-corrected chi connectivity index (χ1v) is 6.67. The summed E-state index contributed by atoms with van der Waals surface area (Å²) in [7, 11) is 1.73. The summed E-state index contributed by atoms with van der Waals surface area (Å²) in [6.07, 6.45) is 1.03. The first-order valence-electron chi connectivity index (χ1n) is 5.85. The highest BCUT2D eigenvalue weighted by Gasteiger charge is 2.09. The molecule has 0 aliphatic rings. The predicted molar refractivity (Wildman–Crippen MR) is 73.9 cm³/mol. The standard InChI is InChI=1S/C13H18N2OS/c1-4-10(8-16-3)14-13-15-11-7-9(2)5-6-12(11)17-13/h5-7,10H,4,8H2,1-3H3,(H,14,15). The molecule has 1 unspecified atom stereocenters. The average Bonchev–Trinajstić information content (AvgIpc) is 2.69. The molecule has 0 amide bonds. The first kappa shape index (κ1) is 12.3. The number of fused-ring (bicyclic) bond motifs is 1. The number of nitrogens with one attached hydrogen (secondary N) is 1. The van der Waals surface area contributed by atoms with Crippen LogP contribution < -0.4 is 5.32 Å². The molecular formula is C13H18N2OS. The molecule has 0 bridgehead atoms. The highest BCUT2D eigenvalue weighted by molar-refractivity contribution is 7.22. The number of hydrogen-bond donors (Lipinski definition) is 1. The molecule has 1 aromatic heterocycles. The quantitative estimate of drug-likeness (QED) is 0.882. The number of anilines is 1. The van der Waals surface area contributed by atoms with E-state index < -0.39 is 0 Å². The Kier molecular flexibility index (Phi) is 3.97. The fraction of sp³-hybridized carbons (Fsp3) is 0.462. The molecule has 17 heavy (non-hydrogen) atoms. The van der Waals surface area contributed by atoms with Gasteiger partial charge >= 0.3 is 0 Å². The van der Waals surface area contributed by atoms with Gasteiger partial charge < -0.3 is 10.1 Å². The number of hydrogen-bond acceptors (Lipinski definition) is 4. The van der Waals surface area contributed by atoms with Gasteiger partial charge in [-0.1, -0.05) is 24.3 Å². The lowest BCUT2D eigenvalue weighted by Crippen LogP contribution is -2.23. The van der Waals surface area contributed by atoms with Crippen LogP contribution >= 0.6 is 11.3 Å². The first-order chi connectivity index (χ1) is 8.22. The summed E-state index contributed by atoms with van der Waals surface area (Å²) in [5, 5.41) is 4.40. The number of nitrogens with zero attached hydrogens (tertiary/aromatic N) is 1. The van der Waals surface area contributed by atoms with Gasteiger partial charge in [0.1, 0.15) is 0 Å². The van der Waals surface area contributed by atoms with Gasteiger partial charge in [-0.15, -0.1) is 0 Å². The van der Waals surface area contributed by atoms with Crippen molar-refractivity contribution in [2.75, 3.05) is 19.0 Å². The minimum Gasteiger partial charge on any atom is -0.383 e. The van der Waals surface area contributed by atoms with Crippen molar-refractivity contribution in [2.24, 2.45) is 0 Å². The third kappa shape index (κ3) is 2.96. The molecule has 1 aromatic carbocycles. The van der Waals surface area contributed by atoms with Crippen LogP contribution in [0.15, 0.2) is 18.2 Å². The van der Waals surface area contributed by atoms with Crippen molar-refractivity contribution in [3.05, 3.63) is 23.8 Å². The second kappa shape index (κ2) is 5.47. The van der Waals surface area contributed by atoms with Crippen molar-refractivity contribution in [1.29, 1.82) is 0 Å². The molecule has 0 fully saturated rings. The summed E-state index contributed by atoms with van der Waals surface area (Å²) in [6, 6.07) is 6.71. The highest BCUT2D eigenvalue weighted by atomic mass is 32.1. The van der Waals surface area contributed by atoms with Gasteiger partial charge in [0.25, 0.3) is 0 Å². The molecule has 2 aromatic rings. The fourth-order valence-electron chi connectivity index (χ4n) is 1.74. The number of rotatable bonds is 5. The van der Waals surface area contributed by atoms with E-state index in [4.69, 9.17) is 4.74 Å². The van der Waals surface area contributed by atoms with E-state index >= 15 is 0 Å². The van der Waals surface area contributed by atoms with E-state index in [1.165, 1.54) is 10.3 Å². The molecule has 92 valence electrons. The molecule has 0 aliphatic heterocycles. The largest absolute Gasteiger partial charge is 0.383 e. The minimum atomic E-state index is 0.335. The lowest BCUT2D eigenvalue weighted by Gasteiger charge is -2.14. The lowest BCUT2D eigenvalue weighted by atomic mass is 10.2. The second-order valence-corrected chi connectivity index (χ2v) is 5.23. The van der Waals surface area contributed by atoms with Gasteiger partial charge in [0.15, 0.2) is 5.13 Å². The third-order valence-electron chi connectivity index (χ3n) is 2.73. The lowest BCUT2D eigenvalue weighted by molar-refractivity contribution is 0.184. The van der Waals surface area contributed by atoms with Crippen LogP contribution in [0.3, 0.4) is 0 Å². The van der Waals surface area contributed by atoms with Crippen LogP contribution in [0.4, 0.5) is 5.13 Å². The normalized spacial score (nSPS) is 12.9. The summed E-state index contributed by atoms with van der Waals surface area (Å²) < 4.78 is 6.40. The Morgan fingerprint density at radius 1 is 1.47 bits per heavy atom. The van der Waals surface area contributed by atoms with Crippen LogP contribution in [0.1, 0.15) is 18.9 Å². The van der Waals surface area contributed by atoms with E-state index in [1.807, 2.05) is 0 Å². The number of benzene rings is 1. The molecular weight excluding hydrogens is 232 g/mol. The summed E-state index contributed by atoms with van der Waals surface area (Å²) in [4.78, 5) is 4.60. The number of aromatic nitrogens is 1. The van der Waals surface area contributed by atoms with Crippen molar-refractivity contribution < 1.29 is 4.74 Å². The van der Waals surface area contributed by atoms with Gasteiger partial charge in [-0.05, 0) is 31.0 Å². The second-order valence-electron chi connectivity index (χ2n) is 4.20. The molecule has 0 saturated heterocycles. The van der Waals surface area contributed by atoms with E-state index in [0.29, 0.717) is 12.6 Å². The Labute approximate surface area is 106 Å². The zero-order valence-corrected chi connectivity index (χ0v) is 11.3. The van der Waals surface area contributed by atoms with Gasteiger partial charge in [-0.3, -0.25) is 0 Å². The zero-order valence-electron chi connectivity index (χ0n) is 10.5. The molecule has 0 spiro atoms. The number of ether oxygens (including phenoxy) is 1. The summed E-state index contributed by atoms with van der Waals surface area (Å²) in [6.45, 7) is 4.95. The molecule has 0 radical (unpaired) electrons. The predicted octanol–water partition coefficient (Wildman–Crippen LogP) is 3.44. The van der Waals surface area contributed by atoms with Crippen LogP contribution in [0.25, 0.3) is 10.2 Å². The SMILES string of the molecule is CCC(COC)Nc1nc2cc(C)ccc2s1. The molecule has 0 aliphatic carbocycles. The van der Waals surface area contributed by atoms with Crippen LogP contribution in [0.5, 0.6) is 0 Å². The molecule has 1 heterocycles. The Hall–Kier alpha value is -1.13. The van der Waals surface area contributed by atoms with E-state index in [0.717, 1.165) is 17.1 Å². The topological polar surface area (TPSA) is 34.1 Å². The summed E-state index contributed by atoms with van der Waals surface area (Å²) in [5.41, 5.74) is 2.32. The Morgan fingerprint density at radius 3 is 3.00 bits per heavy atom. The maximum absolute atomic E-state index is 5.17. The molecule has 2 rings (SSSR count). The van der Waals surface area contributed by atoms with Crippen molar-refractivity contribution >= 4 is 26.7 Å². The van der Waals surface area contributed by atoms with Crippen molar-refractivity contribution in [3.63, 3.8) is 0 Å². The number of aryl methyl sites for hydroxylation is 1. The van der Waals surface area contributed by atoms with Crippen molar-refractivity contribution in [1.82, 2.24) is 4.98 Å². The summed E-state index contributed by atoms with van der Waals surface area (Å²) in [5.74, 6) is 0. The van der Waals surface area contributed by atoms with Gasteiger partial charge in [-0.25, -0.2) is 4.98 Å². The molecule has 4 heteroatoms. The van der Waals surface area contributed by atoms with Crippen molar-refractivity contribution in [2.45, 2.75) is 26.3 Å². The Bertz CT molecular complexity index is 495. The fourth-order valence-corrected chi connectivity index (χ4v) is 2.66. The Morgan fingerprint density at radius 2 is 2.29 bits per heavy atom. The van der Waals surface area contributed by atoms with Crippen LogP contribution in [0, 0.1) is 6.92 Å². The van der Waals surface area contributed by atoms with E-state index in [1.54, 1.807) is 18.4 Å². The molecule has 1 atom stereocenters. The number of methoxy groups -OCH3 is 1. The van der Waals surface area contributed by atoms with E-state index in [-0.39, 0.29) is 0 Å². The van der Waals surface area contributed by atoms with Gasteiger partial charge in [0.2, 0.25) is 0 Å². The monoisotopic (exact) mass is 250 g/mol. The Balaban J connectivity index is 2.18. The van der Waals surface area contributed by atoms with Crippen molar-refractivity contribution in [3.8, 4) is 0 Å². The van der Waals surface area contributed by atoms with E-state index in [9.17, 15) is 0 Å². The molecule has 0 saturated carbocycles. The van der Waals surface area contributed by atoms with Crippen LogP contribution in [-0.2, 0) is 4.74 Å². The van der Waals surface area contributed by atoms with Gasteiger partial charge in [0.05, 0.1) is 22.9 Å². The van der Waals surface area contributed by atoms with Gasteiger partial charge in [-0.2, -0.15) is 0 Å². The maximum Gasteiger partial charge on any atom is 0.184 e. The van der Waals surface area contributed by atoms with Crippen LogP contribution in [-0.4, -0.2) is 24.7 Å². The maximum atomic E-state index is 5.17. The average molecular weight is 250 g/mol. The number of thiazole rings is 1. The van der Waals surface area contributed by atoms with E-state index in [2.05, 4.69) is 42.3 Å².